The molecule has 2 unspecified atom stereocenters. The van der Waals surface area contributed by atoms with E-state index in [0.717, 1.165) is 42.0 Å². The predicted molar refractivity (Wildman–Crippen MR) is 118 cm³/mol. The van der Waals surface area contributed by atoms with E-state index in [4.69, 9.17) is 10.7 Å². The van der Waals surface area contributed by atoms with Gasteiger partial charge in [0.25, 0.3) is 5.91 Å². The van der Waals surface area contributed by atoms with Gasteiger partial charge in [0, 0.05) is 30.7 Å². The normalized spacial score (nSPS) is 20.8. The molecule has 6 rings (SSSR count). The van der Waals surface area contributed by atoms with E-state index < -0.39 is 5.91 Å². The summed E-state index contributed by atoms with van der Waals surface area (Å²) in [6.45, 7) is 7.01. The summed E-state index contributed by atoms with van der Waals surface area (Å²) in [6.07, 6.45) is 8.28. The Bertz CT molecular complexity index is 1110. The van der Waals surface area contributed by atoms with E-state index in [0.29, 0.717) is 12.1 Å². The van der Waals surface area contributed by atoms with Crippen LogP contribution in [-0.4, -0.2) is 44.0 Å². The Labute approximate surface area is 181 Å². The average molecular weight is 420 g/mol. The maximum atomic E-state index is 11.1. The van der Waals surface area contributed by atoms with Gasteiger partial charge in [0.15, 0.2) is 0 Å². The van der Waals surface area contributed by atoms with E-state index >= 15 is 0 Å². The molecule has 1 saturated carbocycles. The van der Waals surface area contributed by atoms with Crippen molar-refractivity contribution in [1.82, 2.24) is 25.0 Å². The maximum absolute atomic E-state index is 11.1. The summed E-state index contributed by atoms with van der Waals surface area (Å²) in [6, 6.07) is 4.19. The predicted octanol–water partition coefficient (Wildman–Crippen LogP) is 2.40. The lowest BCUT2D eigenvalue weighted by Gasteiger charge is -2.20. The third-order valence-corrected chi connectivity index (χ3v) is 6.73. The van der Waals surface area contributed by atoms with Crippen LogP contribution in [0.1, 0.15) is 51.4 Å². The van der Waals surface area contributed by atoms with Crippen molar-refractivity contribution >= 4 is 11.7 Å². The summed E-state index contributed by atoms with van der Waals surface area (Å²) in [5.41, 5.74) is 11.8. The number of hydrogen-bond acceptors (Lipinski definition) is 5. The highest BCUT2D eigenvalue weighted by Crippen LogP contribution is 2.45. The molecule has 0 bridgehead atoms. The summed E-state index contributed by atoms with van der Waals surface area (Å²) in [5.74, 6) is 2.42. The fourth-order valence-corrected chi connectivity index (χ4v) is 4.73. The summed E-state index contributed by atoms with van der Waals surface area (Å²) in [7, 11) is 0. The van der Waals surface area contributed by atoms with Gasteiger partial charge >= 0.3 is 0 Å². The van der Waals surface area contributed by atoms with Crippen molar-refractivity contribution in [2.24, 2.45) is 17.6 Å². The Kier molecular flexibility index (Phi) is 5.00. The number of aromatic nitrogens is 5. The van der Waals surface area contributed by atoms with Gasteiger partial charge in [0.05, 0.1) is 24.0 Å². The van der Waals surface area contributed by atoms with Crippen LogP contribution in [-0.2, 0) is 19.4 Å². The molecule has 0 aromatic carbocycles. The van der Waals surface area contributed by atoms with Crippen LogP contribution in [0.15, 0.2) is 24.5 Å². The monoisotopic (exact) mass is 419 g/mol. The number of amides is 1. The lowest BCUT2D eigenvalue weighted by molar-refractivity contribution is 0.1000. The van der Waals surface area contributed by atoms with Crippen LogP contribution in [0.4, 0.5) is 5.82 Å². The van der Waals surface area contributed by atoms with Crippen LogP contribution >= 0.6 is 0 Å². The number of nitrogens with zero attached hydrogens (tertiary/aromatic N) is 5. The average Bonchev–Trinajstić information content (AvgIpc) is 3.25. The number of carbonyl (C=O) groups is 1. The second-order valence-electron chi connectivity index (χ2n) is 8.99. The SMILES string of the molecule is Cc1[nH]nc2c1CCC2.Cc1nc(N2CC3CC3C2)ccc1Cn1cc(C(N)=O)cn1. The van der Waals surface area contributed by atoms with E-state index in [9.17, 15) is 4.79 Å². The summed E-state index contributed by atoms with van der Waals surface area (Å²) in [5, 5.41) is 11.3. The van der Waals surface area contributed by atoms with Crippen LogP contribution in [0.5, 0.6) is 0 Å². The number of piperidine rings is 1. The van der Waals surface area contributed by atoms with Crippen LogP contribution in [0, 0.1) is 25.7 Å². The van der Waals surface area contributed by atoms with Gasteiger partial charge < -0.3 is 10.6 Å². The smallest absolute Gasteiger partial charge is 0.251 e. The van der Waals surface area contributed by atoms with Crippen LogP contribution < -0.4 is 10.6 Å². The first kappa shape index (κ1) is 19.8. The molecule has 4 heterocycles. The first-order valence-corrected chi connectivity index (χ1v) is 11.0. The van der Waals surface area contributed by atoms with E-state index in [1.807, 2.05) is 6.92 Å². The number of anilines is 1. The Balaban J connectivity index is 0.000000189. The van der Waals surface area contributed by atoms with Crippen molar-refractivity contribution in [3.63, 3.8) is 0 Å². The summed E-state index contributed by atoms with van der Waals surface area (Å²) >= 11 is 0. The van der Waals surface area contributed by atoms with Gasteiger partial charge in [-0.15, -0.1) is 0 Å². The van der Waals surface area contributed by atoms with Crippen molar-refractivity contribution in [3.05, 3.63) is 58.3 Å². The Hall–Kier alpha value is -3.16. The highest BCUT2D eigenvalue weighted by Gasteiger charge is 2.45. The molecule has 3 aromatic heterocycles. The number of hydrogen-bond donors (Lipinski definition) is 2. The Morgan fingerprint density at radius 1 is 1.23 bits per heavy atom. The molecular weight excluding hydrogens is 390 g/mol. The molecule has 2 fully saturated rings. The van der Waals surface area contributed by atoms with E-state index in [1.54, 1.807) is 10.9 Å². The lowest BCUT2D eigenvalue weighted by Crippen LogP contribution is -2.23. The summed E-state index contributed by atoms with van der Waals surface area (Å²) in [4.78, 5) is 18.2. The van der Waals surface area contributed by atoms with Crippen molar-refractivity contribution in [1.29, 1.82) is 0 Å². The second-order valence-corrected chi connectivity index (χ2v) is 8.99. The Morgan fingerprint density at radius 2 is 2.03 bits per heavy atom. The molecule has 162 valence electrons. The van der Waals surface area contributed by atoms with Crippen LogP contribution in [0.25, 0.3) is 0 Å². The molecule has 2 atom stereocenters. The minimum atomic E-state index is -0.455. The summed E-state index contributed by atoms with van der Waals surface area (Å²) < 4.78 is 1.72. The molecule has 0 radical (unpaired) electrons. The fraction of sp³-hybridized carbons (Fsp3) is 0.478. The second kappa shape index (κ2) is 7.83. The molecule has 8 nitrogen and oxygen atoms in total. The number of aromatic amines is 1. The van der Waals surface area contributed by atoms with Gasteiger partial charge in [-0.05, 0) is 68.6 Å². The molecular formula is C23H29N7O. The quantitative estimate of drug-likeness (QED) is 0.675. The van der Waals surface area contributed by atoms with Gasteiger partial charge in [-0.3, -0.25) is 14.6 Å². The number of pyridine rings is 1. The zero-order valence-corrected chi connectivity index (χ0v) is 18.1. The van der Waals surface area contributed by atoms with E-state index in [-0.39, 0.29) is 0 Å². The lowest BCUT2D eigenvalue weighted by atomic mass is 10.2. The molecule has 3 aromatic rings. The van der Waals surface area contributed by atoms with Crippen molar-refractivity contribution < 1.29 is 4.79 Å². The van der Waals surface area contributed by atoms with Gasteiger partial charge in [-0.1, -0.05) is 6.07 Å². The highest BCUT2D eigenvalue weighted by atomic mass is 16.1. The first-order chi connectivity index (χ1) is 15.0. The zero-order valence-electron chi connectivity index (χ0n) is 18.1. The standard InChI is InChI=1S/C16H19N5O.C7H10N2/c1-10-11(8-21-9-14(5-18-21)16(17)22)2-3-15(19-10)20-6-12-4-13(12)7-20;1-5-6-3-2-4-7(6)9-8-5/h2-3,5,9,12-13H,4,6-8H2,1H3,(H2,17,22);2-4H2,1H3,(H,8,9). The van der Waals surface area contributed by atoms with Gasteiger partial charge in [0.1, 0.15) is 5.82 Å². The van der Waals surface area contributed by atoms with E-state index in [2.05, 4.69) is 39.3 Å². The molecule has 3 aliphatic rings. The largest absolute Gasteiger partial charge is 0.366 e. The van der Waals surface area contributed by atoms with Crippen LogP contribution in [0.2, 0.25) is 0 Å². The minimum absolute atomic E-state index is 0.429. The van der Waals surface area contributed by atoms with Gasteiger partial charge in [-0.25, -0.2) is 4.98 Å². The van der Waals surface area contributed by atoms with Crippen molar-refractivity contribution in [2.75, 3.05) is 18.0 Å². The molecule has 3 N–H and O–H groups in total. The zero-order chi connectivity index (χ0) is 21.5. The van der Waals surface area contributed by atoms with Crippen molar-refractivity contribution in [3.8, 4) is 0 Å². The third-order valence-electron chi connectivity index (χ3n) is 6.73. The first-order valence-electron chi connectivity index (χ1n) is 11.0. The van der Waals surface area contributed by atoms with Crippen LogP contribution in [0.3, 0.4) is 0 Å². The fourth-order valence-electron chi connectivity index (χ4n) is 4.73. The molecule has 0 spiro atoms. The van der Waals surface area contributed by atoms with Crippen molar-refractivity contribution in [2.45, 2.75) is 46.1 Å². The number of aryl methyl sites for hydroxylation is 3. The molecule has 2 aliphatic carbocycles. The number of rotatable bonds is 4. The van der Waals surface area contributed by atoms with Gasteiger partial charge in [0.2, 0.25) is 0 Å². The van der Waals surface area contributed by atoms with Gasteiger partial charge in [-0.2, -0.15) is 10.2 Å². The molecule has 31 heavy (non-hydrogen) atoms. The molecule has 1 amide bonds. The van der Waals surface area contributed by atoms with E-state index in [1.165, 1.54) is 48.8 Å². The molecule has 1 saturated heterocycles. The number of nitrogens with two attached hydrogens (primary N) is 1. The third kappa shape index (κ3) is 4.06. The number of H-pyrrole nitrogens is 1. The maximum Gasteiger partial charge on any atom is 0.251 e. The highest BCUT2D eigenvalue weighted by molar-refractivity contribution is 5.92. The number of fused-ring (bicyclic) bond motifs is 2. The minimum Gasteiger partial charge on any atom is -0.366 e. The Morgan fingerprint density at radius 3 is 2.71 bits per heavy atom. The molecule has 1 aliphatic heterocycles. The number of nitrogens with one attached hydrogen (secondary N) is 1. The number of carbonyl (C=O) groups excluding carboxylic acids is 1. The number of primary amides is 1. The topological polar surface area (TPSA) is 106 Å². The molecule has 8 heteroatoms.